The summed E-state index contributed by atoms with van der Waals surface area (Å²) in [5.74, 6) is 0. The summed E-state index contributed by atoms with van der Waals surface area (Å²) in [7, 11) is 5.53. The zero-order valence-electron chi connectivity index (χ0n) is 13.8. The summed E-state index contributed by atoms with van der Waals surface area (Å²) < 4.78 is 3.72. The van der Waals surface area contributed by atoms with Gasteiger partial charge in [-0.2, -0.15) is 0 Å². The van der Waals surface area contributed by atoms with E-state index in [0.29, 0.717) is 10.9 Å². The molecule has 0 atom stereocenters. The molecule has 5 nitrogen and oxygen atoms in total. The second-order valence-electron chi connectivity index (χ2n) is 5.96. The molecule has 24 heavy (non-hydrogen) atoms. The van der Waals surface area contributed by atoms with Crippen molar-refractivity contribution in [3.63, 3.8) is 0 Å². The Bertz CT molecular complexity index is 1030. The van der Waals surface area contributed by atoms with Crippen molar-refractivity contribution in [3.05, 3.63) is 73.3 Å². The van der Waals surface area contributed by atoms with Crippen molar-refractivity contribution in [2.45, 2.75) is 6.54 Å². The minimum Gasteiger partial charge on any atom is -0.378 e. The maximum absolute atomic E-state index is 12.9. The highest BCUT2D eigenvalue weighted by Gasteiger charge is 2.12. The van der Waals surface area contributed by atoms with Crippen LogP contribution in [0.5, 0.6) is 0 Å². The largest absolute Gasteiger partial charge is 0.378 e. The number of aromatic nitrogens is 2. The number of fused-ring (bicyclic) bond motifs is 1. The molecule has 0 radical (unpaired) electrons. The normalized spacial score (nSPS) is 11.0. The van der Waals surface area contributed by atoms with Gasteiger partial charge in [0.05, 0.1) is 17.4 Å². The van der Waals surface area contributed by atoms with Crippen LogP contribution in [0.15, 0.2) is 56.5 Å². The van der Waals surface area contributed by atoms with Crippen LogP contribution in [0.3, 0.4) is 0 Å². The number of hydrogen-bond acceptors (Lipinski definition) is 3. The van der Waals surface area contributed by atoms with Crippen molar-refractivity contribution in [1.29, 1.82) is 0 Å². The van der Waals surface area contributed by atoms with Crippen LogP contribution in [-0.4, -0.2) is 23.2 Å². The van der Waals surface area contributed by atoms with Crippen LogP contribution in [-0.2, 0) is 13.6 Å². The van der Waals surface area contributed by atoms with E-state index in [4.69, 9.17) is 0 Å². The van der Waals surface area contributed by atoms with Crippen LogP contribution in [0.4, 0.5) is 5.69 Å². The van der Waals surface area contributed by atoms with E-state index in [9.17, 15) is 9.59 Å². The molecule has 0 N–H and O–H groups in total. The van der Waals surface area contributed by atoms with Crippen LogP contribution in [0, 0.1) is 0 Å². The van der Waals surface area contributed by atoms with Gasteiger partial charge in [0.25, 0.3) is 5.56 Å². The van der Waals surface area contributed by atoms with E-state index in [-0.39, 0.29) is 17.8 Å². The summed E-state index contributed by atoms with van der Waals surface area (Å²) in [4.78, 5) is 27.4. The van der Waals surface area contributed by atoms with Gasteiger partial charge >= 0.3 is 5.69 Å². The van der Waals surface area contributed by atoms with Gasteiger partial charge in [0, 0.05) is 31.3 Å². The minimum absolute atomic E-state index is 0.243. The van der Waals surface area contributed by atoms with Gasteiger partial charge in [-0.25, -0.2) is 4.79 Å². The fourth-order valence-corrected chi connectivity index (χ4v) is 3.19. The Labute approximate surface area is 147 Å². The fourth-order valence-electron chi connectivity index (χ4n) is 2.74. The molecule has 0 fully saturated rings. The molecule has 3 rings (SSSR count). The van der Waals surface area contributed by atoms with E-state index >= 15 is 0 Å². The lowest BCUT2D eigenvalue weighted by molar-refractivity contribution is 0.660. The minimum atomic E-state index is -0.315. The Hall–Kier alpha value is -2.34. The van der Waals surface area contributed by atoms with Crippen LogP contribution in [0.25, 0.3) is 10.9 Å². The van der Waals surface area contributed by atoms with Gasteiger partial charge in [-0.15, -0.1) is 0 Å². The van der Waals surface area contributed by atoms with E-state index in [1.54, 1.807) is 7.05 Å². The molecule has 124 valence electrons. The Morgan fingerprint density at radius 2 is 1.83 bits per heavy atom. The molecule has 6 heteroatoms. The lowest BCUT2D eigenvalue weighted by atomic mass is 10.2. The van der Waals surface area contributed by atoms with Crippen LogP contribution in [0.1, 0.15) is 5.56 Å². The maximum atomic E-state index is 12.9. The van der Waals surface area contributed by atoms with Crippen molar-refractivity contribution >= 4 is 32.5 Å². The summed E-state index contributed by atoms with van der Waals surface area (Å²) >= 11 is 3.42. The molecule has 0 saturated heterocycles. The van der Waals surface area contributed by atoms with E-state index < -0.39 is 0 Å². The molecular formula is C18H18BrN3O2. The molecule has 0 bridgehead atoms. The highest BCUT2D eigenvalue weighted by molar-refractivity contribution is 9.10. The summed E-state index contributed by atoms with van der Waals surface area (Å²) in [6.07, 6.45) is 0. The zero-order chi connectivity index (χ0) is 17.4. The number of halogens is 1. The smallest absolute Gasteiger partial charge is 0.331 e. The number of hydrogen-bond donors (Lipinski definition) is 0. The SMILES string of the molecule is CN(C)c1ccc2c(c1)c(=O)n(Cc1cccc(Br)c1)c(=O)n2C. The second-order valence-corrected chi connectivity index (χ2v) is 6.87. The van der Waals surface area contributed by atoms with Crippen molar-refractivity contribution in [2.24, 2.45) is 7.05 Å². The molecule has 3 aromatic rings. The van der Waals surface area contributed by atoms with Crippen molar-refractivity contribution in [2.75, 3.05) is 19.0 Å². The number of aryl methyl sites for hydroxylation is 1. The summed E-state index contributed by atoms with van der Waals surface area (Å²) in [6.45, 7) is 0.243. The molecule has 0 aliphatic heterocycles. The molecule has 2 aromatic carbocycles. The van der Waals surface area contributed by atoms with Gasteiger partial charge in [-0.3, -0.25) is 13.9 Å². The molecule has 0 spiro atoms. The highest BCUT2D eigenvalue weighted by Crippen LogP contribution is 2.17. The van der Waals surface area contributed by atoms with Crippen LogP contribution >= 0.6 is 15.9 Å². The third-order valence-electron chi connectivity index (χ3n) is 4.08. The standard InChI is InChI=1S/C18H18BrN3O2/c1-20(2)14-7-8-16-15(10-14)17(23)22(18(24)21(16)3)11-12-5-4-6-13(19)9-12/h4-10H,11H2,1-3H3. The highest BCUT2D eigenvalue weighted by atomic mass is 79.9. The van der Waals surface area contributed by atoms with Crippen molar-refractivity contribution < 1.29 is 0 Å². The topological polar surface area (TPSA) is 47.2 Å². The number of anilines is 1. The fraction of sp³-hybridized carbons (Fsp3) is 0.222. The molecule has 0 amide bonds. The molecule has 0 unspecified atom stereocenters. The molecule has 1 heterocycles. The predicted molar refractivity (Wildman–Crippen MR) is 101 cm³/mol. The van der Waals surface area contributed by atoms with Gasteiger partial charge in [-0.05, 0) is 35.9 Å². The van der Waals surface area contributed by atoms with Crippen molar-refractivity contribution in [3.8, 4) is 0 Å². The molecule has 0 aliphatic rings. The van der Waals surface area contributed by atoms with Crippen LogP contribution < -0.4 is 16.1 Å². The summed E-state index contributed by atoms with van der Waals surface area (Å²) in [5, 5.41) is 0.540. The van der Waals surface area contributed by atoms with Gasteiger partial charge in [-0.1, -0.05) is 28.1 Å². The van der Waals surface area contributed by atoms with Gasteiger partial charge in [0.1, 0.15) is 0 Å². The molecule has 0 saturated carbocycles. The third kappa shape index (κ3) is 2.89. The second kappa shape index (κ2) is 6.28. The van der Waals surface area contributed by atoms with Gasteiger partial charge < -0.3 is 4.90 Å². The van der Waals surface area contributed by atoms with Gasteiger partial charge in [0.2, 0.25) is 0 Å². The van der Waals surface area contributed by atoms with Crippen LogP contribution in [0.2, 0.25) is 0 Å². The zero-order valence-corrected chi connectivity index (χ0v) is 15.4. The first-order chi connectivity index (χ1) is 11.4. The quantitative estimate of drug-likeness (QED) is 0.693. The van der Waals surface area contributed by atoms with E-state index in [0.717, 1.165) is 15.7 Å². The first kappa shape index (κ1) is 16.5. The average Bonchev–Trinajstić information content (AvgIpc) is 2.56. The first-order valence-electron chi connectivity index (χ1n) is 7.54. The van der Waals surface area contributed by atoms with E-state index in [1.807, 2.05) is 61.5 Å². The monoisotopic (exact) mass is 387 g/mol. The van der Waals surface area contributed by atoms with Crippen molar-refractivity contribution in [1.82, 2.24) is 9.13 Å². The third-order valence-corrected chi connectivity index (χ3v) is 4.57. The first-order valence-corrected chi connectivity index (χ1v) is 8.33. The Kier molecular flexibility index (Phi) is 4.32. The Morgan fingerprint density at radius 1 is 1.08 bits per heavy atom. The summed E-state index contributed by atoms with van der Waals surface area (Å²) in [6, 6.07) is 13.2. The van der Waals surface area contributed by atoms with Gasteiger partial charge in [0.15, 0.2) is 0 Å². The number of benzene rings is 2. The molecular weight excluding hydrogens is 370 g/mol. The summed E-state index contributed by atoms with van der Waals surface area (Å²) in [5.41, 5.74) is 1.88. The van der Waals surface area contributed by atoms with E-state index in [1.165, 1.54) is 9.13 Å². The lowest BCUT2D eigenvalue weighted by Gasteiger charge is -2.15. The molecule has 1 aromatic heterocycles. The maximum Gasteiger partial charge on any atom is 0.331 e. The number of rotatable bonds is 3. The predicted octanol–water partition coefficient (Wildman–Crippen LogP) is 2.58. The average molecular weight is 388 g/mol. The molecule has 0 aliphatic carbocycles. The Morgan fingerprint density at radius 3 is 2.50 bits per heavy atom. The lowest BCUT2D eigenvalue weighted by Crippen LogP contribution is -2.39. The Balaban J connectivity index is 2.24. The van der Waals surface area contributed by atoms with E-state index in [2.05, 4.69) is 15.9 Å². The number of nitrogens with zero attached hydrogens (tertiary/aromatic N) is 3.